The molecule has 0 aliphatic carbocycles. The molecule has 0 radical (unpaired) electrons. The fraction of sp³-hybridized carbons (Fsp3) is 0.857. The SMILES string of the molecule is CCC(C)N(CC(=O)O)C(=O)N1CCC(C)CC1C. The molecule has 1 saturated heterocycles. The minimum Gasteiger partial charge on any atom is -0.480 e. The third-order valence-electron chi connectivity index (χ3n) is 4.06. The number of aliphatic carboxylic acids is 1. The van der Waals surface area contributed by atoms with E-state index in [0.29, 0.717) is 5.92 Å². The minimum absolute atomic E-state index is 0.0462. The van der Waals surface area contributed by atoms with E-state index in [9.17, 15) is 9.59 Å². The first kappa shape index (κ1) is 15.8. The fourth-order valence-electron chi connectivity index (χ4n) is 2.63. The Morgan fingerprint density at radius 2 is 2.05 bits per heavy atom. The quantitative estimate of drug-likeness (QED) is 0.853. The van der Waals surface area contributed by atoms with Gasteiger partial charge in [0, 0.05) is 18.6 Å². The molecule has 0 saturated carbocycles. The van der Waals surface area contributed by atoms with Crippen molar-refractivity contribution in [1.82, 2.24) is 9.80 Å². The van der Waals surface area contributed by atoms with Gasteiger partial charge in [0.2, 0.25) is 0 Å². The summed E-state index contributed by atoms with van der Waals surface area (Å²) in [6.45, 7) is 8.62. The normalized spacial score (nSPS) is 24.9. The van der Waals surface area contributed by atoms with Crippen LogP contribution in [0.15, 0.2) is 0 Å². The summed E-state index contributed by atoms with van der Waals surface area (Å²) in [6.07, 6.45) is 2.75. The van der Waals surface area contributed by atoms with E-state index in [0.717, 1.165) is 25.8 Å². The summed E-state index contributed by atoms with van der Waals surface area (Å²) in [5, 5.41) is 8.97. The Hall–Kier alpha value is -1.26. The second-order valence-electron chi connectivity index (χ2n) is 5.73. The highest BCUT2D eigenvalue weighted by Crippen LogP contribution is 2.24. The zero-order chi connectivity index (χ0) is 14.6. The third-order valence-corrected chi connectivity index (χ3v) is 4.06. The van der Waals surface area contributed by atoms with Gasteiger partial charge in [-0.25, -0.2) is 4.79 Å². The van der Waals surface area contributed by atoms with Crippen molar-refractivity contribution < 1.29 is 14.7 Å². The molecule has 1 aliphatic heterocycles. The van der Waals surface area contributed by atoms with E-state index in [2.05, 4.69) is 6.92 Å². The molecule has 2 amide bonds. The number of rotatable bonds is 4. The van der Waals surface area contributed by atoms with Crippen LogP contribution in [0.3, 0.4) is 0 Å². The molecule has 0 aromatic rings. The van der Waals surface area contributed by atoms with Gasteiger partial charge in [-0.3, -0.25) is 4.79 Å². The molecule has 3 atom stereocenters. The number of hydrogen-bond acceptors (Lipinski definition) is 2. The number of carbonyl (C=O) groups is 2. The number of likely N-dealkylation sites (tertiary alicyclic amines) is 1. The van der Waals surface area contributed by atoms with Crippen molar-refractivity contribution in [2.45, 2.75) is 59.0 Å². The molecule has 1 aliphatic rings. The highest BCUT2D eigenvalue weighted by molar-refractivity contribution is 5.80. The van der Waals surface area contributed by atoms with Crippen molar-refractivity contribution in [2.24, 2.45) is 5.92 Å². The van der Waals surface area contributed by atoms with Crippen LogP contribution < -0.4 is 0 Å². The van der Waals surface area contributed by atoms with Crippen LogP contribution in [0.1, 0.15) is 47.0 Å². The standard InChI is InChI=1S/C14H26N2O3/c1-5-11(3)16(9-13(17)18)14(19)15-7-6-10(2)8-12(15)4/h10-12H,5-9H2,1-4H3,(H,17,18). The summed E-state index contributed by atoms with van der Waals surface area (Å²) in [7, 11) is 0. The van der Waals surface area contributed by atoms with Crippen LogP contribution >= 0.6 is 0 Å². The van der Waals surface area contributed by atoms with Gasteiger partial charge in [0.25, 0.3) is 0 Å². The molecule has 0 bridgehead atoms. The fourth-order valence-corrected chi connectivity index (χ4v) is 2.63. The highest BCUT2D eigenvalue weighted by Gasteiger charge is 2.32. The molecule has 110 valence electrons. The molecule has 19 heavy (non-hydrogen) atoms. The van der Waals surface area contributed by atoms with Gasteiger partial charge < -0.3 is 14.9 Å². The predicted molar refractivity (Wildman–Crippen MR) is 74.1 cm³/mol. The molecule has 1 fully saturated rings. The molecule has 5 heteroatoms. The van der Waals surface area contributed by atoms with Crippen molar-refractivity contribution in [2.75, 3.05) is 13.1 Å². The number of nitrogens with zero attached hydrogens (tertiary/aromatic N) is 2. The Balaban J connectivity index is 2.78. The summed E-state index contributed by atoms with van der Waals surface area (Å²) in [5.41, 5.74) is 0. The van der Waals surface area contributed by atoms with Crippen molar-refractivity contribution in [3.63, 3.8) is 0 Å². The third kappa shape index (κ3) is 4.11. The maximum Gasteiger partial charge on any atom is 0.323 e. The van der Waals surface area contributed by atoms with Crippen molar-refractivity contribution >= 4 is 12.0 Å². The summed E-state index contributed by atoms with van der Waals surface area (Å²) >= 11 is 0. The second kappa shape index (κ2) is 6.78. The van der Waals surface area contributed by atoms with Gasteiger partial charge in [0.1, 0.15) is 6.54 Å². The van der Waals surface area contributed by atoms with Crippen LogP contribution in [0.5, 0.6) is 0 Å². The molecular weight excluding hydrogens is 244 g/mol. The topological polar surface area (TPSA) is 60.9 Å². The predicted octanol–water partition coefficient (Wildman–Crippen LogP) is 2.41. The van der Waals surface area contributed by atoms with E-state index in [1.54, 1.807) is 0 Å². The first-order chi connectivity index (χ1) is 8.86. The van der Waals surface area contributed by atoms with Gasteiger partial charge in [-0.05, 0) is 39.0 Å². The van der Waals surface area contributed by atoms with Gasteiger partial charge in [-0.1, -0.05) is 13.8 Å². The van der Waals surface area contributed by atoms with Crippen LogP contribution in [0.4, 0.5) is 4.79 Å². The van der Waals surface area contributed by atoms with Gasteiger partial charge in [-0.2, -0.15) is 0 Å². The van der Waals surface area contributed by atoms with E-state index in [4.69, 9.17) is 5.11 Å². The Bertz CT molecular complexity index is 333. The summed E-state index contributed by atoms with van der Waals surface area (Å²) < 4.78 is 0. The smallest absolute Gasteiger partial charge is 0.323 e. The lowest BCUT2D eigenvalue weighted by Crippen LogP contribution is -2.54. The minimum atomic E-state index is -0.952. The lowest BCUT2D eigenvalue weighted by atomic mass is 9.93. The molecule has 3 unspecified atom stereocenters. The van der Waals surface area contributed by atoms with Gasteiger partial charge >= 0.3 is 12.0 Å². The van der Waals surface area contributed by atoms with Gasteiger partial charge in [-0.15, -0.1) is 0 Å². The molecule has 1 N–H and O–H groups in total. The van der Waals surface area contributed by atoms with Crippen molar-refractivity contribution in [1.29, 1.82) is 0 Å². The Labute approximate surface area is 115 Å². The number of carboxylic acid groups (broad SMARTS) is 1. The molecule has 1 heterocycles. The zero-order valence-electron chi connectivity index (χ0n) is 12.4. The molecule has 0 aromatic carbocycles. The molecule has 1 rings (SSSR count). The molecule has 0 aromatic heterocycles. The van der Waals surface area contributed by atoms with Crippen molar-refractivity contribution in [3.05, 3.63) is 0 Å². The van der Waals surface area contributed by atoms with Crippen LogP contribution in [-0.2, 0) is 4.79 Å². The Kier molecular flexibility index (Phi) is 5.63. The maximum absolute atomic E-state index is 12.5. The van der Waals surface area contributed by atoms with Crippen LogP contribution in [0.2, 0.25) is 0 Å². The summed E-state index contributed by atoms with van der Waals surface area (Å²) in [5.74, 6) is -0.317. The molecule has 5 nitrogen and oxygen atoms in total. The van der Waals surface area contributed by atoms with Crippen LogP contribution in [0.25, 0.3) is 0 Å². The number of urea groups is 1. The van der Waals surface area contributed by atoms with Crippen LogP contribution in [-0.4, -0.2) is 52.1 Å². The van der Waals surface area contributed by atoms with E-state index >= 15 is 0 Å². The highest BCUT2D eigenvalue weighted by atomic mass is 16.4. The molecule has 0 spiro atoms. The monoisotopic (exact) mass is 270 g/mol. The second-order valence-corrected chi connectivity index (χ2v) is 5.73. The number of hydrogen-bond donors (Lipinski definition) is 1. The van der Waals surface area contributed by atoms with E-state index < -0.39 is 5.97 Å². The average molecular weight is 270 g/mol. The lowest BCUT2D eigenvalue weighted by Gasteiger charge is -2.40. The van der Waals surface area contributed by atoms with E-state index in [1.807, 2.05) is 25.7 Å². The number of carbonyl (C=O) groups excluding carboxylic acids is 1. The van der Waals surface area contributed by atoms with E-state index in [1.165, 1.54) is 4.90 Å². The van der Waals surface area contributed by atoms with Crippen LogP contribution in [0, 0.1) is 5.92 Å². The molecular formula is C14H26N2O3. The largest absolute Gasteiger partial charge is 0.480 e. The maximum atomic E-state index is 12.5. The first-order valence-electron chi connectivity index (χ1n) is 7.15. The van der Waals surface area contributed by atoms with Gasteiger partial charge in [0.05, 0.1) is 0 Å². The Morgan fingerprint density at radius 1 is 1.42 bits per heavy atom. The number of carboxylic acids is 1. The summed E-state index contributed by atoms with van der Waals surface area (Å²) in [4.78, 5) is 26.8. The summed E-state index contributed by atoms with van der Waals surface area (Å²) in [6, 6.07) is 0.0166. The lowest BCUT2D eigenvalue weighted by molar-refractivity contribution is -0.138. The number of piperidine rings is 1. The zero-order valence-corrected chi connectivity index (χ0v) is 12.4. The van der Waals surface area contributed by atoms with Gasteiger partial charge in [0.15, 0.2) is 0 Å². The first-order valence-corrected chi connectivity index (χ1v) is 7.15. The van der Waals surface area contributed by atoms with Crippen molar-refractivity contribution in [3.8, 4) is 0 Å². The average Bonchev–Trinajstić information content (AvgIpc) is 2.34. The van der Waals surface area contributed by atoms with E-state index in [-0.39, 0.29) is 24.7 Å². The number of amides is 2. The Morgan fingerprint density at radius 3 is 2.53 bits per heavy atom.